The van der Waals surface area contributed by atoms with Gasteiger partial charge in [-0.15, -0.1) is 0 Å². The number of aliphatic carboxylic acids is 1. The maximum absolute atomic E-state index is 13.1. The van der Waals surface area contributed by atoms with Gasteiger partial charge in [0, 0.05) is 12.7 Å². The molecule has 0 spiro atoms. The van der Waals surface area contributed by atoms with Crippen molar-refractivity contribution in [1.82, 2.24) is 9.55 Å². The van der Waals surface area contributed by atoms with E-state index < -0.39 is 21.8 Å². The standard InChI is InChI=1S/C23H24ClN3O5S2/c1-13(2)15-9-18(21(30)26-22-25-17(10-19(28)29)20(24)33-22)27(12-15)11-14-3-5-16(6-4-14)23(7-8-23)34(31)32/h3-6,9,12-13H,7-8,10-11H2,1-2H3,(H,28,29)(H,31,32)(H,25,26,30). The van der Waals surface area contributed by atoms with Crippen LogP contribution < -0.4 is 5.32 Å². The average molecular weight is 522 g/mol. The zero-order valence-electron chi connectivity index (χ0n) is 18.6. The zero-order chi connectivity index (χ0) is 24.6. The van der Waals surface area contributed by atoms with Crippen molar-refractivity contribution >= 4 is 51.0 Å². The third-order valence-corrected chi connectivity index (χ3v) is 8.44. The molecule has 2 heterocycles. The molecule has 0 aliphatic heterocycles. The number of rotatable bonds is 9. The Kier molecular flexibility index (Phi) is 6.95. The van der Waals surface area contributed by atoms with Crippen LogP contribution in [-0.2, 0) is 33.6 Å². The van der Waals surface area contributed by atoms with Gasteiger partial charge in [-0.2, -0.15) is 0 Å². The molecule has 180 valence electrons. The summed E-state index contributed by atoms with van der Waals surface area (Å²) >= 11 is 5.19. The Morgan fingerprint density at radius 2 is 1.97 bits per heavy atom. The lowest BCUT2D eigenvalue weighted by Gasteiger charge is -2.13. The molecule has 3 N–H and O–H groups in total. The van der Waals surface area contributed by atoms with Gasteiger partial charge in [0.15, 0.2) is 16.2 Å². The predicted molar refractivity (Wildman–Crippen MR) is 132 cm³/mol. The predicted octanol–water partition coefficient (Wildman–Crippen LogP) is 4.86. The molecule has 34 heavy (non-hydrogen) atoms. The van der Waals surface area contributed by atoms with E-state index >= 15 is 0 Å². The Bertz CT molecular complexity index is 1260. The van der Waals surface area contributed by atoms with Gasteiger partial charge < -0.3 is 14.2 Å². The maximum Gasteiger partial charge on any atom is 0.309 e. The van der Waals surface area contributed by atoms with Crippen molar-refractivity contribution in [2.45, 2.75) is 50.3 Å². The Labute approximate surface area is 208 Å². The van der Waals surface area contributed by atoms with E-state index in [1.54, 1.807) is 0 Å². The van der Waals surface area contributed by atoms with Crippen LogP contribution in [0.5, 0.6) is 0 Å². The summed E-state index contributed by atoms with van der Waals surface area (Å²) in [5, 5.41) is 11.9. The number of amides is 1. The molecule has 1 aromatic carbocycles. The summed E-state index contributed by atoms with van der Waals surface area (Å²) < 4.78 is 22.7. The van der Waals surface area contributed by atoms with Gasteiger partial charge >= 0.3 is 5.97 Å². The lowest BCUT2D eigenvalue weighted by atomic mass is 10.1. The fraction of sp³-hybridized carbons (Fsp3) is 0.348. The molecule has 1 aliphatic rings. The number of carbonyl (C=O) groups excluding carboxylic acids is 1. The van der Waals surface area contributed by atoms with Gasteiger partial charge in [-0.25, -0.2) is 9.19 Å². The molecule has 1 atom stereocenters. The number of halogens is 1. The summed E-state index contributed by atoms with van der Waals surface area (Å²) in [7, 11) is 0. The molecule has 4 rings (SSSR count). The number of nitrogens with zero attached hydrogens (tertiary/aromatic N) is 2. The monoisotopic (exact) mass is 521 g/mol. The van der Waals surface area contributed by atoms with Gasteiger partial charge in [0.2, 0.25) is 0 Å². The smallest absolute Gasteiger partial charge is 0.309 e. The van der Waals surface area contributed by atoms with E-state index in [0.717, 1.165) is 28.0 Å². The SMILES string of the molecule is CC(C)c1cc(C(=O)Nc2nc(CC(=O)O)c(Cl)s2)n(Cc2ccc(C3(S(=O)O)CC3)cc2)c1. The van der Waals surface area contributed by atoms with Crippen LogP contribution in [0.2, 0.25) is 4.34 Å². The van der Waals surface area contributed by atoms with E-state index in [1.807, 2.05) is 54.9 Å². The molecule has 0 radical (unpaired) electrons. The van der Waals surface area contributed by atoms with E-state index in [9.17, 15) is 18.4 Å². The van der Waals surface area contributed by atoms with Gasteiger partial charge in [-0.1, -0.05) is 61.1 Å². The average Bonchev–Trinajstić information content (AvgIpc) is 3.37. The number of carboxylic acids is 1. The van der Waals surface area contributed by atoms with E-state index in [4.69, 9.17) is 16.7 Å². The number of aromatic nitrogens is 2. The minimum atomic E-state index is -1.90. The highest BCUT2D eigenvalue weighted by Gasteiger charge is 2.50. The minimum Gasteiger partial charge on any atom is -0.481 e. The van der Waals surface area contributed by atoms with Gasteiger partial charge in [-0.3, -0.25) is 14.9 Å². The summed E-state index contributed by atoms with van der Waals surface area (Å²) in [4.78, 5) is 28.2. The lowest BCUT2D eigenvalue weighted by molar-refractivity contribution is -0.136. The number of thiazole rings is 1. The summed E-state index contributed by atoms with van der Waals surface area (Å²) in [6.07, 6.45) is 3.01. The van der Waals surface area contributed by atoms with Gasteiger partial charge in [0.1, 0.15) is 10.0 Å². The normalized spacial score (nSPS) is 15.3. The van der Waals surface area contributed by atoms with Crippen molar-refractivity contribution in [3.63, 3.8) is 0 Å². The van der Waals surface area contributed by atoms with Crippen LogP contribution in [0.15, 0.2) is 36.5 Å². The number of carboxylic acid groups (broad SMARTS) is 1. The van der Waals surface area contributed by atoms with Crippen molar-refractivity contribution in [2.24, 2.45) is 0 Å². The van der Waals surface area contributed by atoms with Crippen molar-refractivity contribution in [1.29, 1.82) is 0 Å². The molecule has 1 saturated carbocycles. The largest absolute Gasteiger partial charge is 0.481 e. The first-order valence-corrected chi connectivity index (χ1v) is 13.0. The molecule has 11 heteroatoms. The highest BCUT2D eigenvalue weighted by molar-refractivity contribution is 7.80. The fourth-order valence-corrected chi connectivity index (χ4v) is 5.58. The quantitative estimate of drug-likeness (QED) is 0.346. The molecule has 1 fully saturated rings. The molecule has 1 unspecified atom stereocenters. The Hall–Kier alpha value is -2.53. The number of nitrogens with one attached hydrogen (secondary N) is 1. The first kappa shape index (κ1) is 24.6. The van der Waals surface area contributed by atoms with Crippen LogP contribution in [0.25, 0.3) is 0 Å². The second-order valence-corrected chi connectivity index (χ2v) is 11.5. The van der Waals surface area contributed by atoms with E-state index in [1.165, 1.54) is 0 Å². The number of hydrogen-bond acceptors (Lipinski definition) is 5. The van der Waals surface area contributed by atoms with Crippen LogP contribution in [-0.4, -0.2) is 35.3 Å². The van der Waals surface area contributed by atoms with Gasteiger partial charge in [0.05, 0.1) is 16.9 Å². The first-order chi connectivity index (χ1) is 16.1. The number of anilines is 1. The molecular weight excluding hydrogens is 498 g/mol. The molecule has 3 aromatic rings. The third kappa shape index (κ3) is 5.10. The number of benzene rings is 1. The van der Waals surface area contributed by atoms with Crippen molar-refractivity contribution in [3.05, 3.63) is 68.9 Å². The fourth-order valence-electron chi connectivity index (χ4n) is 3.76. The molecular formula is C23H24ClN3O5S2. The topological polar surface area (TPSA) is 122 Å². The maximum atomic E-state index is 13.1. The van der Waals surface area contributed by atoms with E-state index in [0.29, 0.717) is 25.1 Å². The zero-order valence-corrected chi connectivity index (χ0v) is 21.0. The summed E-state index contributed by atoms with van der Waals surface area (Å²) in [5.41, 5.74) is 3.45. The van der Waals surface area contributed by atoms with Gasteiger partial charge in [-0.05, 0) is 41.5 Å². The summed E-state index contributed by atoms with van der Waals surface area (Å²) in [5.74, 6) is -1.21. The van der Waals surface area contributed by atoms with Crippen LogP contribution in [0, 0.1) is 0 Å². The van der Waals surface area contributed by atoms with Gasteiger partial charge in [0.25, 0.3) is 5.91 Å². The van der Waals surface area contributed by atoms with Crippen LogP contribution in [0.1, 0.15) is 65.5 Å². The first-order valence-electron chi connectivity index (χ1n) is 10.7. The second-order valence-electron chi connectivity index (χ2n) is 8.65. The molecule has 1 amide bonds. The molecule has 0 saturated heterocycles. The highest BCUT2D eigenvalue weighted by atomic mass is 35.5. The van der Waals surface area contributed by atoms with Crippen molar-refractivity contribution in [3.8, 4) is 0 Å². The Morgan fingerprint density at radius 3 is 2.53 bits per heavy atom. The van der Waals surface area contributed by atoms with Crippen molar-refractivity contribution < 1.29 is 23.5 Å². The summed E-state index contributed by atoms with van der Waals surface area (Å²) in [6, 6.07) is 9.42. The molecule has 0 bridgehead atoms. The number of carbonyl (C=O) groups is 2. The highest BCUT2D eigenvalue weighted by Crippen LogP contribution is 2.50. The van der Waals surface area contributed by atoms with Crippen molar-refractivity contribution in [2.75, 3.05) is 5.32 Å². The second kappa shape index (κ2) is 9.61. The minimum absolute atomic E-state index is 0.209. The van der Waals surface area contributed by atoms with Crippen LogP contribution in [0.4, 0.5) is 5.13 Å². The van der Waals surface area contributed by atoms with Crippen LogP contribution >= 0.6 is 22.9 Å². The lowest BCUT2D eigenvalue weighted by Crippen LogP contribution is -2.17. The number of hydrogen-bond donors (Lipinski definition) is 3. The van der Waals surface area contributed by atoms with E-state index in [-0.39, 0.29) is 33.4 Å². The molecule has 2 aromatic heterocycles. The Morgan fingerprint density at radius 1 is 1.29 bits per heavy atom. The summed E-state index contributed by atoms with van der Waals surface area (Å²) in [6.45, 7) is 4.52. The molecule has 8 nitrogen and oxygen atoms in total. The Balaban J connectivity index is 1.55. The third-order valence-electron chi connectivity index (χ3n) is 5.88. The molecule has 1 aliphatic carbocycles. The van der Waals surface area contributed by atoms with Crippen LogP contribution in [0.3, 0.4) is 0 Å². The van der Waals surface area contributed by atoms with E-state index in [2.05, 4.69) is 10.3 Å².